The maximum atomic E-state index is 12.9. The highest BCUT2D eigenvalue weighted by Crippen LogP contribution is 2.44. The van der Waals surface area contributed by atoms with Gasteiger partial charge in [0.15, 0.2) is 7.14 Å². The monoisotopic (exact) mass is 272 g/mol. The summed E-state index contributed by atoms with van der Waals surface area (Å²) in [6.07, 6.45) is 0. The fourth-order valence-electron chi connectivity index (χ4n) is 2.19. The van der Waals surface area contributed by atoms with E-state index >= 15 is 0 Å². The van der Waals surface area contributed by atoms with Gasteiger partial charge in [-0.25, -0.2) is 0 Å². The smallest absolute Gasteiger partial charge is 0.225 e. The van der Waals surface area contributed by atoms with Gasteiger partial charge in [-0.1, -0.05) is 48.5 Å². The van der Waals surface area contributed by atoms with Crippen molar-refractivity contribution in [2.75, 3.05) is 6.66 Å². The molecule has 0 aliphatic carbocycles. The molecule has 98 valence electrons. The van der Waals surface area contributed by atoms with Crippen molar-refractivity contribution in [3.63, 3.8) is 0 Å². The van der Waals surface area contributed by atoms with Crippen molar-refractivity contribution in [3.8, 4) is 0 Å². The Hall–Kier alpha value is -1.66. The van der Waals surface area contributed by atoms with Crippen molar-refractivity contribution < 1.29 is 9.36 Å². The lowest BCUT2D eigenvalue weighted by Gasteiger charge is -2.15. The Kier molecular flexibility index (Phi) is 3.73. The lowest BCUT2D eigenvalue weighted by atomic mass is 10.0. The van der Waals surface area contributed by atoms with E-state index in [1.807, 2.05) is 50.2 Å². The molecule has 0 aliphatic heterocycles. The van der Waals surface area contributed by atoms with E-state index in [9.17, 15) is 9.36 Å². The van der Waals surface area contributed by atoms with Crippen molar-refractivity contribution in [1.82, 2.24) is 0 Å². The topological polar surface area (TPSA) is 34.1 Å². The molecular formula is C16H17O2P. The van der Waals surface area contributed by atoms with Crippen LogP contribution in [0.1, 0.15) is 21.5 Å². The van der Waals surface area contributed by atoms with Gasteiger partial charge in [0.05, 0.1) is 0 Å². The number of aryl methyl sites for hydroxylation is 2. The van der Waals surface area contributed by atoms with E-state index in [1.165, 1.54) is 0 Å². The zero-order valence-electron chi connectivity index (χ0n) is 11.4. The highest BCUT2D eigenvalue weighted by molar-refractivity contribution is 7.86. The largest absolute Gasteiger partial charge is 0.310 e. The predicted molar refractivity (Wildman–Crippen MR) is 79.9 cm³/mol. The van der Waals surface area contributed by atoms with Crippen LogP contribution in [-0.2, 0) is 4.57 Å². The number of hydrogen-bond donors (Lipinski definition) is 0. The average molecular weight is 272 g/mol. The lowest BCUT2D eigenvalue weighted by molar-refractivity contribution is 0.107. The minimum atomic E-state index is -3.05. The molecule has 0 saturated heterocycles. The fraction of sp³-hybridized carbons (Fsp3) is 0.188. The van der Waals surface area contributed by atoms with Crippen LogP contribution in [0.3, 0.4) is 0 Å². The second-order valence-corrected chi connectivity index (χ2v) is 7.60. The van der Waals surface area contributed by atoms with E-state index in [4.69, 9.17) is 0 Å². The Morgan fingerprint density at radius 2 is 1.42 bits per heavy atom. The third-order valence-electron chi connectivity index (χ3n) is 3.33. The van der Waals surface area contributed by atoms with Crippen LogP contribution < -0.4 is 5.30 Å². The third-order valence-corrected chi connectivity index (χ3v) is 5.61. The zero-order chi connectivity index (χ0) is 14.0. The number of rotatable bonds is 3. The number of carbonyl (C=O) groups is 1. The second-order valence-electron chi connectivity index (χ2n) is 4.83. The van der Waals surface area contributed by atoms with Crippen LogP contribution in [0.2, 0.25) is 0 Å². The number of benzene rings is 2. The molecule has 19 heavy (non-hydrogen) atoms. The first-order valence-electron chi connectivity index (χ1n) is 6.19. The Morgan fingerprint density at radius 1 is 0.895 bits per heavy atom. The minimum absolute atomic E-state index is 0.255. The van der Waals surface area contributed by atoms with Crippen molar-refractivity contribution in [1.29, 1.82) is 0 Å². The van der Waals surface area contributed by atoms with Crippen LogP contribution >= 0.6 is 7.14 Å². The number of carbonyl (C=O) groups excluding carboxylic acids is 1. The maximum absolute atomic E-state index is 12.9. The Bertz CT molecular complexity index is 639. The van der Waals surface area contributed by atoms with E-state index in [-0.39, 0.29) is 5.52 Å². The lowest BCUT2D eigenvalue weighted by Crippen LogP contribution is -2.14. The quantitative estimate of drug-likeness (QED) is 0.797. The van der Waals surface area contributed by atoms with E-state index in [1.54, 1.807) is 18.8 Å². The highest BCUT2D eigenvalue weighted by atomic mass is 31.2. The van der Waals surface area contributed by atoms with Gasteiger partial charge >= 0.3 is 0 Å². The summed E-state index contributed by atoms with van der Waals surface area (Å²) in [7, 11) is -3.05. The molecule has 0 N–H and O–H groups in total. The van der Waals surface area contributed by atoms with Gasteiger partial charge in [0.2, 0.25) is 5.52 Å². The first kappa shape index (κ1) is 13.8. The van der Waals surface area contributed by atoms with Crippen molar-refractivity contribution in [2.24, 2.45) is 0 Å². The number of hydrogen-bond acceptors (Lipinski definition) is 2. The Labute approximate surface area is 113 Å². The molecule has 0 saturated carbocycles. The van der Waals surface area contributed by atoms with E-state index < -0.39 is 7.14 Å². The minimum Gasteiger partial charge on any atom is -0.310 e. The summed E-state index contributed by atoms with van der Waals surface area (Å²) in [5.41, 5.74) is 2.09. The molecule has 0 fully saturated rings. The first-order valence-corrected chi connectivity index (χ1v) is 8.34. The standard InChI is InChI=1S/C16H17O2P/c1-12-8-7-9-13(2)15(12)16(17)19(3,18)14-10-5-4-6-11-14/h4-11H,1-3H3. The molecule has 0 radical (unpaired) electrons. The fourth-order valence-corrected chi connectivity index (χ4v) is 3.95. The normalized spacial score (nSPS) is 13.8. The molecule has 0 spiro atoms. The third kappa shape index (κ3) is 2.54. The molecule has 1 unspecified atom stereocenters. The van der Waals surface area contributed by atoms with Gasteiger partial charge < -0.3 is 4.57 Å². The van der Waals surface area contributed by atoms with Gasteiger partial charge in [0.1, 0.15) is 0 Å². The molecule has 0 bridgehead atoms. The molecule has 0 aliphatic rings. The van der Waals surface area contributed by atoms with Crippen molar-refractivity contribution in [3.05, 3.63) is 65.2 Å². The van der Waals surface area contributed by atoms with Gasteiger partial charge in [0, 0.05) is 17.5 Å². The summed E-state index contributed by atoms with van der Waals surface area (Å²) in [6, 6.07) is 14.7. The van der Waals surface area contributed by atoms with Crippen LogP contribution in [0.4, 0.5) is 0 Å². The molecule has 0 heterocycles. The van der Waals surface area contributed by atoms with Crippen LogP contribution in [0, 0.1) is 13.8 Å². The van der Waals surface area contributed by atoms with Crippen LogP contribution in [0.15, 0.2) is 48.5 Å². The molecule has 2 aromatic rings. The average Bonchev–Trinajstić information content (AvgIpc) is 2.39. The van der Waals surface area contributed by atoms with Crippen molar-refractivity contribution >= 4 is 18.0 Å². The Balaban J connectivity index is 2.54. The second kappa shape index (κ2) is 5.14. The summed E-state index contributed by atoms with van der Waals surface area (Å²) < 4.78 is 12.9. The molecule has 2 nitrogen and oxygen atoms in total. The summed E-state index contributed by atoms with van der Waals surface area (Å²) in [5.74, 6) is 0. The molecule has 3 heteroatoms. The zero-order valence-corrected chi connectivity index (χ0v) is 12.3. The van der Waals surface area contributed by atoms with Gasteiger partial charge in [-0.05, 0) is 25.0 Å². The van der Waals surface area contributed by atoms with E-state index in [0.29, 0.717) is 10.9 Å². The van der Waals surface area contributed by atoms with Crippen LogP contribution in [0.5, 0.6) is 0 Å². The first-order chi connectivity index (χ1) is 8.94. The van der Waals surface area contributed by atoms with Crippen molar-refractivity contribution in [2.45, 2.75) is 13.8 Å². The molecule has 2 aromatic carbocycles. The molecule has 0 aromatic heterocycles. The summed E-state index contributed by atoms with van der Waals surface area (Å²) in [5, 5.41) is 0.614. The molecule has 1 atom stereocenters. The summed E-state index contributed by atoms with van der Waals surface area (Å²) in [6.45, 7) is 5.31. The van der Waals surface area contributed by atoms with Gasteiger partial charge in [-0.3, -0.25) is 4.79 Å². The Morgan fingerprint density at radius 3 is 1.95 bits per heavy atom. The molecule has 0 amide bonds. The SMILES string of the molecule is Cc1cccc(C)c1C(=O)P(C)(=O)c1ccccc1. The van der Waals surface area contributed by atoms with E-state index in [0.717, 1.165) is 11.1 Å². The maximum Gasteiger partial charge on any atom is 0.225 e. The van der Waals surface area contributed by atoms with E-state index in [2.05, 4.69) is 0 Å². The van der Waals surface area contributed by atoms with Crippen LogP contribution in [-0.4, -0.2) is 12.2 Å². The van der Waals surface area contributed by atoms with Crippen LogP contribution in [0.25, 0.3) is 0 Å². The van der Waals surface area contributed by atoms with Gasteiger partial charge in [-0.15, -0.1) is 0 Å². The van der Waals surface area contributed by atoms with Gasteiger partial charge in [0.25, 0.3) is 0 Å². The molecule has 2 rings (SSSR count). The summed E-state index contributed by atoms with van der Waals surface area (Å²) >= 11 is 0. The predicted octanol–water partition coefficient (Wildman–Crippen LogP) is 3.76. The molecular weight excluding hydrogens is 255 g/mol. The van der Waals surface area contributed by atoms with Gasteiger partial charge in [-0.2, -0.15) is 0 Å². The summed E-state index contributed by atoms with van der Waals surface area (Å²) in [4.78, 5) is 12.6. The highest BCUT2D eigenvalue weighted by Gasteiger charge is 2.30.